The molecule has 29 heavy (non-hydrogen) atoms. The highest BCUT2D eigenvalue weighted by molar-refractivity contribution is 5.78. The molecule has 6 heteroatoms. The largest absolute Gasteiger partial charge is 0.493 e. The number of hydrogen-bond acceptors (Lipinski definition) is 5. The first-order valence-electron chi connectivity index (χ1n) is 10.1. The van der Waals surface area contributed by atoms with Gasteiger partial charge in [0.05, 0.1) is 20.8 Å². The highest BCUT2D eigenvalue weighted by atomic mass is 16.5. The fraction of sp³-hybridized carbons (Fsp3) is 0.435. The summed E-state index contributed by atoms with van der Waals surface area (Å²) >= 11 is 0. The van der Waals surface area contributed by atoms with Crippen LogP contribution in [0.15, 0.2) is 48.5 Å². The molecule has 1 heterocycles. The van der Waals surface area contributed by atoms with E-state index >= 15 is 0 Å². The molecule has 0 N–H and O–H groups in total. The molecule has 0 unspecified atom stereocenters. The molecule has 0 saturated carbocycles. The number of rotatable bonds is 8. The summed E-state index contributed by atoms with van der Waals surface area (Å²) in [5, 5.41) is 0. The van der Waals surface area contributed by atoms with E-state index in [1.807, 2.05) is 36.2 Å². The summed E-state index contributed by atoms with van der Waals surface area (Å²) in [5.74, 6) is 1.67. The van der Waals surface area contributed by atoms with Gasteiger partial charge >= 0.3 is 0 Å². The van der Waals surface area contributed by atoms with Crippen LogP contribution in [0.3, 0.4) is 0 Å². The molecule has 0 atom stereocenters. The molecule has 1 aliphatic heterocycles. The Morgan fingerprint density at radius 2 is 1.66 bits per heavy atom. The third-order valence-electron chi connectivity index (χ3n) is 5.39. The van der Waals surface area contributed by atoms with Crippen LogP contribution in [-0.2, 0) is 11.2 Å². The zero-order valence-electron chi connectivity index (χ0n) is 17.6. The third-order valence-corrected chi connectivity index (χ3v) is 5.39. The third kappa shape index (κ3) is 5.64. The number of anilines is 1. The Balaban J connectivity index is 1.44. The molecule has 0 aromatic heterocycles. The molecule has 0 aliphatic carbocycles. The van der Waals surface area contributed by atoms with Crippen LogP contribution in [-0.4, -0.2) is 76.2 Å². The minimum Gasteiger partial charge on any atom is -0.493 e. The lowest BCUT2D eigenvalue weighted by molar-refractivity contribution is -0.132. The van der Waals surface area contributed by atoms with Crippen molar-refractivity contribution in [3.63, 3.8) is 0 Å². The summed E-state index contributed by atoms with van der Waals surface area (Å²) < 4.78 is 10.6. The van der Waals surface area contributed by atoms with Crippen LogP contribution in [0.4, 0.5) is 5.69 Å². The number of carbonyl (C=O) groups excluding carboxylic acids is 1. The fourth-order valence-corrected chi connectivity index (χ4v) is 3.62. The van der Waals surface area contributed by atoms with E-state index in [0.29, 0.717) is 6.54 Å². The molecule has 1 saturated heterocycles. The van der Waals surface area contributed by atoms with Crippen LogP contribution in [0.2, 0.25) is 0 Å². The van der Waals surface area contributed by atoms with Crippen LogP contribution in [0.1, 0.15) is 5.56 Å². The lowest BCUT2D eigenvalue weighted by Gasteiger charge is -2.36. The molecule has 1 fully saturated rings. The van der Waals surface area contributed by atoms with Gasteiger partial charge in [0.1, 0.15) is 0 Å². The zero-order chi connectivity index (χ0) is 20.6. The Morgan fingerprint density at radius 3 is 2.31 bits per heavy atom. The molecule has 1 aliphatic rings. The normalized spacial score (nSPS) is 14.2. The molecule has 0 radical (unpaired) electrons. The predicted molar refractivity (Wildman–Crippen MR) is 116 cm³/mol. The number of piperazine rings is 1. The molecule has 6 nitrogen and oxygen atoms in total. The number of para-hydroxylation sites is 1. The van der Waals surface area contributed by atoms with Gasteiger partial charge in [-0.1, -0.05) is 24.3 Å². The lowest BCUT2D eigenvalue weighted by Crippen LogP contribution is -2.51. The molecule has 156 valence electrons. The number of amides is 1. The van der Waals surface area contributed by atoms with Crippen molar-refractivity contribution < 1.29 is 14.3 Å². The zero-order valence-corrected chi connectivity index (χ0v) is 17.6. The van der Waals surface area contributed by atoms with Crippen molar-refractivity contribution in [2.75, 3.05) is 65.4 Å². The van der Waals surface area contributed by atoms with Crippen LogP contribution >= 0.6 is 0 Å². The Hall–Kier alpha value is -2.73. The van der Waals surface area contributed by atoms with E-state index in [1.54, 1.807) is 14.2 Å². The summed E-state index contributed by atoms with van der Waals surface area (Å²) in [6.07, 6.45) is 0.853. The van der Waals surface area contributed by atoms with Gasteiger partial charge in [-0.2, -0.15) is 0 Å². The summed E-state index contributed by atoms with van der Waals surface area (Å²) in [6, 6.07) is 16.4. The van der Waals surface area contributed by atoms with Crippen LogP contribution in [0.25, 0.3) is 0 Å². The minimum atomic E-state index is 0.201. The van der Waals surface area contributed by atoms with Crippen LogP contribution in [0.5, 0.6) is 11.5 Å². The molecule has 2 aromatic rings. The second kappa shape index (κ2) is 10.2. The second-order valence-electron chi connectivity index (χ2n) is 7.38. The average molecular weight is 398 g/mol. The van der Waals surface area contributed by atoms with E-state index in [4.69, 9.17) is 9.47 Å². The maximum atomic E-state index is 12.7. The van der Waals surface area contributed by atoms with E-state index in [2.05, 4.69) is 34.1 Å². The van der Waals surface area contributed by atoms with Gasteiger partial charge < -0.3 is 19.3 Å². The van der Waals surface area contributed by atoms with Gasteiger partial charge in [0.15, 0.2) is 11.5 Å². The maximum absolute atomic E-state index is 12.7. The topological polar surface area (TPSA) is 45.2 Å². The molecule has 3 rings (SSSR count). The Labute approximate surface area is 173 Å². The number of methoxy groups -OCH3 is 2. The fourth-order valence-electron chi connectivity index (χ4n) is 3.62. The SMILES string of the molecule is COc1ccc(CCN(C)CC(=O)N2CCN(c3ccccc3)CC2)cc1OC. The highest BCUT2D eigenvalue weighted by Crippen LogP contribution is 2.27. The number of likely N-dealkylation sites (N-methyl/N-ethyl adjacent to an activating group) is 1. The van der Waals surface area contributed by atoms with Gasteiger partial charge in [-0.15, -0.1) is 0 Å². The van der Waals surface area contributed by atoms with Crippen molar-refractivity contribution >= 4 is 11.6 Å². The van der Waals surface area contributed by atoms with Crippen molar-refractivity contribution in [3.05, 3.63) is 54.1 Å². The lowest BCUT2D eigenvalue weighted by atomic mass is 10.1. The Kier molecular flexibility index (Phi) is 7.36. The standard InChI is InChI=1S/C23H31N3O3/c1-24(12-11-19-9-10-21(28-2)22(17-19)29-3)18-23(27)26-15-13-25(14-16-26)20-7-5-4-6-8-20/h4-10,17H,11-16,18H2,1-3H3. The summed E-state index contributed by atoms with van der Waals surface area (Å²) in [4.78, 5) is 19.1. The smallest absolute Gasteiger partial charge is 0.236 e. The molecular formula is C23H31N3O3. The van der Waals surface area contributed by atoms with Gasteiger partial charge in [0.25, 0.3) is 0 Å². The maximum Gasteiger partial charge on any atom is 0.236 e. The van der Waals surface area contributed by atoms with Gasteiger partial charge in [0, 0.05) is 38.4 Å². The second-order valence-corrected chi connectivity index (χ2v) is 7.38. The highest BCUT2D eigenvalue weighted by Gasteiger charge is 2.22. The number of carbonyl (C=O) groups is 1. The molecule has 2 aromatic carbocycles. The minimum absolute atomic E-state index is 0.201. The monoisotopic (exact) mass is 397 g/mol. The van der Waals surface area contributed by atoms with Gasteiger partial charge in [-0.25, -0.2) is 0 Å². The summed E-state index contributed by atoms with van der Waals surface area (Å²) in [6.45, 7) is 4.56. The number of benzene rings is 2. The number of hydrogen-bond donors (Lipinski definition) is 0. The Bertz CT molecular complexity index is 789. The molecular weight excluding hydrogens is 366 g/mol. The van der Waals surface area contributed by atoms with Gasteiger partial charge in [0.2, 0.25) is 5.91 Å². The van der Waals surface area contributed by atoms with Crippen molar-refractivity contribution in [3.8, 4) is 11.5 Å². The van der Waals surface area contributed by atoms with Crippen LogP contribution < -0.4 is 14.4 Å². The average Bonchev–Trinajstić information content (AvgIpc) is 2.78. The Morgan fingerprint density at radius 1 is 0.966 bits per heavy atom. The number of ether oxygens (including phenoxy) is 2. The quantitative estimate of drug-likeness (QED) is 0.685. The van der Waals surface area contributed by atoms with Crippen LogP contribution in [0, 0.1) is 0 Å². The van der Waals surface area contributed by atoms with E-state index in [1.165, 1.54) is 11.3 Å². The van der Waals surface area contributed by atoms with Crippen molar-refractivity contribution in [1.82, 2.24) is 9.80 Å². The van der Waals surface area contributed by atoms with E-state index in [0.717, 1.165) is 50.6 Å². The van der Waals surface area contributed by atoms with Gasteiger partial charge in [-0.05, 0) is 43.3 Å². The van der Waals surface area contributed by atoms with Gasteiger partial charge in [-0.3, -0.25) is 9.69 Å². The van der Waals surface area contributed by atoms with Crippen molar-refractivity contribution in [2.45, 2.75) is 6.42 Å². The molecule has 1 amide bonds. The van der Waals surface area contributed by atoms with Crippen molar-refractivity contribution in [1.29, 1.82) is 0 Å². The first kappa shape index (κ1) is 21.0. The molecule has 0 spiro atoms. The predicted octanol–water partition coefficient (Wildman–Crippen LogP) is 2.53. The first-order valence-corrected chi connectivity index (χ1v) is 10.1. The number of nitrogens with zero attached hydrogens (tertiary/aromatic N) is 3. The molecule has 0 bridgehead atoms. The summed E-state index contributed by atoms with van der Waals surface area (Å²) in [7, 11) is 5.28. The first-order chi connectivity index (χ1) is 14.1. The summed E-state index contributed by atoms with van der Waals surface area (Å²) in [5.41, 5.74) is 2.39. The van der Waals surface area contributed by atoms with E-state index < -0.39 is 0 Å². The van der Waals surface area contributed by atoms with E-state index in [9.17, 15) is 4.79 Å². The van der Waals surface area contributed by atoms with Crippen molar-refractivity contribution in [2.24, 2.45) is 0 Å². The van der Waals surface area contributed by atoms with E-state index in [-0.39, 0.29) is 5.91 Å².